The van der Waals surface area contributed by atoms with Gasteiger partial charge < -0.3 is 15.5 Å². The second kappa shape index (κ2) is 9.14. The monoisotopic (exact) mass is 327 g/mol. The van der Waals surface area contributed by atoms with Gasteiger partial charge in [-0.1, -0.05) is 6.42 Å². The second-order valence-corrected chi connectivity index (χ2v) is 8.01. The van der Waals surface area contributed by atoms with Crippen LogP contribution in [0.2, 0.25) is 0 Å². The number of carbonyl (C=O) groups excluding carboxylic acids is 1. The molecule has 0 aromatic carbocycles. The first-order valence-electron chi connectivity index (χ1n) is 8.89. The molecule has 0 spiro atoms. The third-order valence-electron chi connectivity index (χ3n) is 5.21. The van der Waals surface area contributed by atoms with Gasteiger partial charge in [-0.15, -0.1) is 0 Å². The van der Waals surface area contributed by atoms with Crippen LogP contribution in [0.25, 0.3) is 0 Å². The van der Waals surface area contributed by atoms with Crippen molar-refractivity contribution in [2.75, 3.05) is 38.2 Å². The Labute approximate surface area is 140 Å². The Morgan fingerprint density at radius 1 is 1.27 bits per heavy atom. The number of piperidine rings is 2. The van der Waals surface area contributed by atoms with Crippen molar-refractivity contribution >= 4 is 17.7 Å². The zero-order valence-corrected chi connectivity index (χ0v) is 15.1. The Hall–Kier alpha value is -0.260. The predicted octanol–water partition coefficient (Wildman–Crippen LogP) is 2.18. The van der Waals surface area contributed by atoms with E-state index in [4.69, 9.17) is 5.73 Å². The third-order valence-corrected chi connectivity index (χ3v) is 5.86. The average molecular weight is 328 g/mol. The van der Waals surface area contributed by atoms with Gasteiger partial charge >= 0.3 is 0 Å². The fourth-order valence-corrected chi connectivity index (χ4v) is 4.27. The number of likely N-dealkylation sites (tertiary alicyclic amines) is 2. The van der Waals surface area contributed by atoms with Gasteiger partial charge in [-0.05, 0) is 63.5 Å². The van der Waals surface area contributed by atoms with Crippen LogP contribution in [-0.4, -0.2) is 66.0 Å². The van der Waals surface area contributed by atoms with Crippen LogP contribution in [0, 0.1) is 5.92 Å². The smallest absolute Gasteiger partial charge is 0.239 e. The molecule has 5 heteroatoms. The van der Waals surface area contributed by atoms with Crippen molar-refractivity contribution in [3.8, 4) is 0 Å². The Morgan fingerprint density at radius 3 is 2.82 bits per heavy atom. The standard InChI is InChI=1S/C17H33N3OS/c1-14-6-3-4-9-19(14)12-15-7-5-10-20(13-15)17(21)16(18)8-11-22-2/h14-16H,3-13,18H2,1-2H3/t14-,15-,16-/m0/s1. The van der Waals surface area contributed by atoms with E-state index in [1.54, 1.807) is 11.8 Å². The number of hydrogen-bond donors (Lipinski definition) is 1. The van der Waals surface area contributed by atoms with Crippen LogP contribution in [0.3, 0.4) is 0 Å². The topological polar surface area (TPSA) is 49.6 Å². The van der Waals surface area contributed by atoms with Crippen molar-refractivity contribution in [2.24, 2.45) is 11.7 Å². The van der Waals surface area contributed by atoms with Gasteiger partial charge in [0.1, 0.15) is 0 Å². The van der Waals surface area contributed by atoms with Gasteiger partial charge in [0.05, 0.1) is 6.04 Å². The summed E-state index contributed by atoms with van der Waals surface area (Å²) in [5.74, 6) is 1.77. The SMILES string of the molecule is CSCC[C@H](N)C(=O)N1CCC[C@@H](CN2CCCC[C@@H]2C)C1. The summed E-state index contributed by atoms with van der Waals surface area (Å²) < 4.78 is 0. The van der Waals surface area contributed by atoms with E-state index < -0.39 is 0 Å². The Balaban J connectivity index is 1.81. The third kappa shape index (κ3) is 5.14. The molecule has 2 N–H and O–H groups in total. The predicted molar refractivity (Wildman–Crippen MR) is 95.2 cm³/mol. The van der Waals surface area contributed by atoms with Crippen LogP contribution >= 0.6 is 11.8 Å². The number of amides is 1. The van der Waals surface area contributed by atoms with E-state index in [-0.39, 0.29) is 11.9 Å². The quantitative estimate of drug-likeness (QED) is 0.812. The molecule has 0 aliphatic carbocycles. The number of thioether (sulfide) groups is 1. The fraction of sp³-hybridized carbons (Fsp3) is 0.941. The first-order valence-corrected chi connectivity index (χ1v) is 10.3. The largest absolute Gasteiger partial charge is 0.341 e. The molecule has 0 saturated carbocycles. The number of carbonyl (C=O) groups is 1. The molecule has 0 radical (unpaired) electrons. The summed E-state index contributed by atoms with van der Waals surface area (Å²) in [5.41, 5.74) is 6.07. The lowest BCUT2D eigenvalue weighted by atomic mass is 9.94. The Bertz CT molecular complexity index is 353. The number of nitrogens with zero attached hydrogens (tertiary/aromatic N) is 2. The molecule has 2 saturated heterocycles. The maximum Gasteiger partial charge on any atom is 0.239 e. The van der Waals surface area contributed by atoms with Gasteiger partial charge in [-0.3, -0.25) is 4.79 Å². The summed E-state index contributed by atoms with van der Waals surface area (Å²) in [4.78, 5) is 17.2. The highest BCUT2D eigenvalue weighted by Gasteiger charge is 2.29. The highest BCUT2D eigenvalue weighted by atomic mass is 32.2. The first kappa shape index (κ1) is 18.1. The summed E-state index contributed by atoms with van der Waals surface area (Å²) in [7, 11) is 0. The summed E-state index contributed by atoms with van der Waals surface area (Å²) >= 11 is 1.76. The van der Waals surface area contributed by atoms with Crippen LogP contribution in [-0.2, 0) is 4.79 Å². The lowest BCUT2D eigenvalue weighted by Crippen LogP contribution is -2.50. The minimum absolute atomic E-state index is 0.172. The van der Waals surface area contributed by atoms with Crippen LogP contribution in [0.1, 0.15) is 45.4 Å². The van der Waals surface area contributed by atoms with Crippen molar-refractivity contribution in [3.05, 3.63) is 0 Å². The van der Waals surface area contributed by atoms with Crippen LogP contribution in [0.15, 0.2) is 0 Å². The van der Waals surface area contributed by atoms with Crippen LogP contribution < -0.4 is 5.73 Å². The molecule has 0 aromatic rings. The minimum atomic E-state index is -0.305. The van der Waals surface area contributed by atoms with Crippen molar-refractivity contribution in [2.45, 2.75) is 57.5 Å². The molecule has 2 aliphatic rings. The van der Waals surface area contributed by atoms with Crippen molar-refractivity contribution in [1.82, 2.24) is 9.80 Å². The molecule has 0 bridgehead atoms. The number of hydrogen-bond acceptors (Lipinski definition) is 4. The summed E-state index contributed by atoms with van der Waals surface area (Å²) in [6, 6.07) is 0.406. The summed E-state index contributed by atoms with van der Waals surface area (Å²) in [5, 5.41) is 0. The number of rotatable bonds is 6. The molecule has 128 valence electrons. The normalized spacial score (nSPS) is 28.6. The van der Waals surface area contributed by atoms with Gasteiger partial charge in [-0.25, -0.2) is 0 Å². The second-order valence-electron chi connectivity index (χ2n) is 7.02. The van der Waals surface area contributed by atoms with Crippen molar-refractivity contribution in [3.63, 3.8) is 0 Å². The highest BCUT2D eigenvalue weighted by Crippen LogP contribution is 2.23. The molecule has 0 aromatic heterocycles. The molecule has 3 atom stereocenters. The van der Waals surface area contributed by atoms with E-state index in [0.29, 0.717) is 12.0 Å². The number of nitrogens with two attached hydrogens (primary N) is 1. The molecule has 2 aliphatic heterocycles. The maximum absolute atomic E-state index is 12.5. The Kier molecular flexibility index (Phi) is 7.51. The molecule has 4 nitrogen and oxygen atoms in total. The molecule has 0 unspecified atom stereocenters. The van der Waals surface area contributed by atoms with Crippen LogP contribution in [0.4, 0.5) is 0 Å². The van der Waals surface area contributed by atoms with Crippen LogP contribution in [0.5, 0.6) is 0 Å². The summed E-state index contributed by atoms with van der Waals surface area (Å²) in [6.45, 7) is 6.56. The molecule has 2 fully saturated rings. The first-order chi connectivity index (χ1) is 10.6. The molecule has 2 rings (SSSR count). The van der Waals surface area contributed by atoms with Gasteiger partial charge in [-0.2, -0.15) is 11.8 Å². The van der Waals surface area contributed by atoms with Gasteiger partial charge in [0.25, 0.3) is 0 Å². The highest BCUT2D eigenvalue weighted by molar-refractivity contribution is 7.98. The van der Waals surface area contributed by atoms with E-state index in [2.05, 4.69) is 18.1 Å². The lowest BCUT2D eigenvalue weighted by Gasteiger charge is -2.40. The molecule has 1 amide bonds. The molecular formula is C17H33N3OS. The van der Waals surface area contributed by atoms with E-state index in [9.17, 15) is 4.79 Å². The van der Waals surface area contributed by atoms with E-state index >= 15 is 0 Å². The summed E-state index contributed by atoms with van der Waals surface area (Å²) in [6.07, 6.45) is 9.28. The van der Waals surface area contributed by atoms with Gasteiger partial charge in [0.2, 0.25) is 5.91 Å². The van der Waals surface area contributed by atoms with E-state index in [1.165, 1.54) is 32.2 Å². The maximum atomic E-state index is 12.5. The Morgan fingerprint density at radius 2 is 2.09 bits per heavy atom. The average Bonchev–Trinajstić information content (AvgIpc) is 2.54. The van der Waals surface area contributed by atoms with Gasteiger partial charge in [0, 0.05) is 25.7 Å². The van der Waals surface area contributed by atoms with E-state index in [1.807, 2.05) is 4.90 Å². The fourth-order valence-electron chi connectivity index (χ4n) is 3.78. The molecular weight excluding hydrogens is 294 g/mol. The van der Waals surface area contributed by atoms with Gasteiger partial charge in [0.15, 0.2) is 0 Å². The van der Waals surface area contributed by atoms with Crippen molar-refractivity contribution < 1.29 is 4.79 Å². The minimum Gasteiger partial charge on any atom is -0.341 e. The van der Waals surface area contributed by atoms with E-state index in [0.717, 1.165) is 38.2 Å². The molecule has 22 heavy (non-hydrogen) atoms. The molecule has 2 heterocycles. The zero-order valence-electron chi connectivity index (χ0n) is 14.3. The lowest BCUT2D eigenvalue weighted by molar-refractivity contribution is -0.134. The van der Waals surface area contributed by atoms with Crippen molar-refractivity contribution in [1.29, 1.82) is 0 Å². The zero-order chi connectivity index (χ0) is 15.9.